The van der Waals surface area contributed by atoms with Crippen molar-refractivity contribution in [3.05, 3.63) is 34.9 Å². The molecule has 1 aliphatic rings. The molecule has 2 atom stereocenters. The number of hydrogen-bond donors (Lipinski definition) is 1. The third-order valence-electron chi connectivity index (χ3n) is 4.23. The molecule has 1 aliphatic heterocycles. The Kier molecular flexibility index (Phi) is 4.81. The zero-order chi connectivity index (χ0) is 14.7. The molecule has 3 heteroatoms. The van der Waals surface area contributed by atoms with Crippen molar-refractivity contribution < 1.29 is 4.79 Å². The number of carbonyl (C=O) groups excluding carboxylic acids is 1. The third kappa shape index (κ3) is 3.40. The van der Waals surface area contributed by atoms with E-state index >= 15 is 0 Å². The van der Waals surface area contributed by atoms with E-state index < -0.39 is 0 Å². The minimum Gasteiger partial charge on any atom is -0.340 e. The SMILES string of the molecule is CCCC1CC(=O)N(CC(N)c2ccc(C)cc2C)C1. The predicted molar refractivity (Wildman–Crippen MR) is 82.4 cm³/mol. The number of aryl methyl sites for hydroxylation is 2. The van der Waals surface area contributed by atoms with Crippen molar-refractivity contribution in [2.75, 3.05) is 13.1 Å². The summed E-state index contributed by atoms with van der Waals surface area (Å²) in [5, 5.41) is 0. The van der Waals surface area contributed by atoms with Gasteiger partial charge >= 0.3 is 0 Å². The van der Waals surface area contributed by atoms with Gasteiger partial charge in [-0.2, -0.15) is 0 Å². The molecule has 2 unspecified atom stereocenters. The quantitative estimate of drug-likeness (QED) is 0.897. The van der Waals surface area contributed by atoms with E-state index in [1.165, 1.54) is 11.1 Å². The molecule has 1 amide bonds. The molecule has 1 fully saturated rings. The highest BCUT2D eigenvalue weighted by Crippen LogP contribution is 2.25. The topological polar surface area (TPSA) is 46.3 Å². The minimum absolute atomic E-state index is 0.0834. The van der Waals surface area contributed by atoms with Gasteiger partial charge in [-0.25, -0.2) is 0 Å². The van der Waals surface area contributed by atoms with E-state index in [2.05, 4.69) is 39.0 Å². The van der Waals surface area contributed by atoms with E-state index in [1.54, 1.807) is 0 Å². The molecule has 0 saturated carbocycles. The lowest BCUT2D eigenvalue weighted by Gasteiger charge is -2.23. The van der Waals surface area contributed by atoms with Crippen LogP contribution in [0.2, 0.25) is 0 Å². The molecule has 2 rings (SSSR count). The van der Waals surface area contributed by atoms with Gasteiger partial charge < -0.3 is 10.6 Å². The second kappa shape index (κ2) is 6.40. The number of benzene rings is 1. The van der Waals surface area contributed by atoms with Crippen LogP contribution >= 0.6 is 0 Å². The average molecular weight is 274 g/mol. The van der Waals surface area contributed by atoms with Crippen LogP contribution in [0.15, 0.2) is 18.2 Å². The predicted octanol–water partition coefficient (Wildman–Crippen LogP) is 2.95. The van der Waals surface area contributed by atoms with E-state index in [0.29, 0.717) is 18.9 Å². The number of carbonyl (C=O) groups is 1. The van der Waals surface area contributed by atoms with E-state index in [-0.39, 0.29) is 11.9 Å². The normalized spacial score (nSPS) is 20.5. The summed E-state index contributed by atoms with van der Waals surface area (Å²) in [6.45, 7) is 7.87. The highest BCUT2D eigenvalue weighted by Gasteiger charge is 2.30. The lowest BCUT2D eigenvalue weighted by molar-refractivity contribution is -0.127. The molecule has 0 aliphatic carbocycles. The summed E-state index contributed by atoms with van der Waals surface area (Å²) in [7, 11) is 0. The second-order valence-electron chi connectivity index (χ2n) is 6.12. The highest BCUT2D eigenvalue weighted by molar-refractivity contribution is 5.78. The van der Waals surface area contributed by atoms with Crippen molar-refractivity contribution in [1.29, 1.82) is 0 Å². The fourth-order valence-corrected chi connectivity index (χ4v) is 3.21. The van der Waals surface area contributed by atoms with Gasteiger partial charge in [-0.05, 0) is 37.3 Å². The molecule has 1 saturated heterocycles. The summed E-state index contributed by atoms with van der Waals surface area (Å²) in [5.74, 6) is 0.794. The van der Waals surface area contributed by atoms with Crippen LogP contribution in [0.5, 0.6) is 0 Å². The Bertz CT molecular complexity index is 484. The van der Waals surface area contributed by atoms with E-state index in [4.69, 9.17) is 5.73 Å². The zero-order valence-corrected chi connectivity index (χ0v) is 12.9. The second-order valence-corrected chi connectivity index (χ2v) is 6.12. The zero-order valence-electron chi connectivity index (χ0n) is 12.9. The Labute approximate surface area is 122 Å². The Morgan fingerprint density at radius 2 is 2.15 bits per heavy atom. The van der Waals surface area contributed by atoms with Crippen molar-refractivity contribution in [3.8, 4) is 0 Å². The van der Waals surface area contributed by atoms with Crippen LogP contribution in [-0.2, 0) is 4.79 Å². The monoisotopic (exact) mass is 274 g/mol. The molecular formula is C17H26N2O. The van der Waals surface area contributed by atoms with Crippen LogP contribution in [0.4, 0.5) is 0 Å². The average Bonchev–Trinajstić information content (AvgIpc) is 2.70. The lowest BCUT2D eigenvalue weighted by Crippen LogP contribution is -2.33. The van der Waals surface area contributed by atoms with Crippen LogP contribution in [0, 0.1) is 19.8 Å². The maximum Gasteiger partial charge on any atom is 0.222 e. The first-order valence-electron chi connectivity index (χ1n) is 7.61. The fraction of sp³-hybridized carbons (Fsp3) is 0.588. The standard InChI is InChI=1S/C17H26N2O/c1-4-5-14-9-17(20)19(10-14)11-16(18)15-7-6-12(2)8-13(15)3/h6-8,14,16H,4-5,9-11,18H2,1-3H3. The van der Waals surface area contributed by atoms with Crippen molar-refractivity contribution in [2.45, 2.75) is 46.1 Å². The fourth-order valence-electron chi connectivity index (χ4n) is 3.21. The van der Waals surface area contributed by atoms with Crippen LogP contribution < -0.4 is 5.73 Å². The number of rotatable bonds is 5. The van der Waals surface area contributed by atoms with Crippen LogP contribution in [0.25, 0.3) is 0 Å². The molecule has 1 heterocycles. The molecule has 0 spiro atoms. The van der Waals surface area contributed by atoms with Crippen LogP contribution in [-0.4, -0.2) is 23.9 Å². The number of hydrogen-bond acceptors (Lipinski definition) is 2. The minimum atomic E-state index is -0.0834. The van der Waals surface area contributed by atoms with Crippen molar-refractivity contribution in [3.63, 3.8) is 0 Å². The molecule has 20 heavy (non-hydrogen) atoms. The summed E-state index contributed by atoms with van der Waals surface area (Å²) >= 11 is 0. The van der Waals surface area contributed by atoms with Crippen LogP contribution in [0.1, 0.15) is 48.9 Å². The van der Waals surface area contributed by atoms with Gasteiger partial charge in [0.25, 0.3) is 0 Å². The number of likely N-dealkylation sites (tertiary alicyclic amines) is 1. The van der Waals surface area contributed by atoms with Crippen molar-refractivity contribution in [1.82, 2.24) is 4.90 Å². The van der Waals surface area contributed by atoms with Gasteiger partial charge in [0.15, 0.2) is 0 Å². The van der Waals surface area contributed by atoms with Gasteiger partial charge in [0.05, 0.1) is 0 Å². The summed E-state index contributed by atoms with van der Waals surface area (Å²) in [5.41, 5.74) is 9.93. The first kappa shape index (κ1) is 15.0. The van der Waals surface area contributed by atoms with Gasteiger partial charge in [0.1, 0.15) is 0 Å². The van der Waals surface area contributed by atoms with Gasteiger partial charge in [-0.3, -0.25) is 4.79 Å². The molecule has 1 aromatic rings. The lowest BCUT2D eigenvalue weighted by atomic mass is 9.99. The maximum atomic E-state index is 12.0. The molecule has 0 bridgehead atoms. The van der Waals surface area contributed by atoms with Gasteiger partial charge in [0.2, 0.25) is 5.91 Å². The highest BCUT2D eigenvalue weighted by atomic mass is 16.2. The summed E-state index contributed by atoms with van der Waals surface area (Å²) in [6, 6.07) is 6.26. The van der Waals surface area contributed by atoms with Gasteiger partial charge in [-0.1, -0.05) is 37.1 Å². The number of nitrogens with two attached hydrogens (primary N) is 1. The Morgan fingerprint density at radius 1 is 1.40 bits per heavy atom. The first-order chi connectivity index (χ1) is 9.51. The molecule has 3 nitrogen and oxygen atoms in total. The van der Waals surface area contributed by atoms with Gasteiger partial charge in [0, 0.05) is 25.6 Å². The number of nitrogens with zero attached hydrogens (tertiary/aromatic N) is 1. The van der Waals surface area contributed by atoms with Crippen molar-refractivity contribution in [2.24, 2.45) is 11.7 Å². The first-order valence-corrected chi connectivity index (χ1v) is 7.61. The van der Waals surface area contributed by atoms with Crippen molar-refractivity contribution >= 4 is 5.91 Å². The smallest absolute Gasteiger partial charge is 0.222 e. The molecule has 1 aromatic carbocycles. The molecule has 0 radical (unpaired) electrons. The molecule has 0 aromatic heterocycles. The maximum absolute atomic E-state index is 12.0. The van der Waals surface area contributed by atoms with E-state index in [0.717, 1.165) is 24.9 Å². The summed E-state index contributed by atoms with van der Waals surface area (Å²) in [4.78, 5) is 14.0. The summed E-state index contributed by atoms with van der Waals surface area (Å²) < 4.78 is 0. The molecule has 2 N–H and O–H groups in total. The van der Waals surface area contributed by atoms with Gasteiger partial charge in [-0.15, -0.1) is 0 Å². The van der Waals surface area contributed by atoms with Crippen LogP contribution in [0.3, 0.4) is 0 Å². The number of amides is 1. The Morgan fingerprint density at radius 3 is 2.80 bits per heavy atom. The van der Waals surface area contributed by atoms with E-state index in [1.807, 2.05) is 4.90 Å². The Hall–Kier alpha value is -1.35. The summed E-state index contributed by atoms with van der Waals surface area (Å²) in [6.07, 6.45) is 2.99. The Balaban J connectivity index is 2.01. The molecule has 110 valence electrons. The van der Waals surface area contributed by atoms with E-state index in [9.17, 15) is 4.79 Å². The largest absolute Gasteiger partial charge is 0.340 e. The molecular weight excluding hydrogens is 248 g/mol. The third-order valence-corrected chi connectivity index (χ3v) is 4.23.